The van der Waals surface area contributed by atoms with E-state index in [0.29, 0.717) is 29.0 Å². The Morgan fingerprint density at radius 2 is 2.36 bits per heavy atom. The van der Waals surface area contributed by atoms with Gasteiger partial charge in [0.15, 0.2) is 5.82 Å². The predicted octanol–water partition coefficient (Wildman–Crippen LogP) is 1.95. The number of fused-ring (bicyclic) bond motifs is 1. The molecule has 0 aromatic carbocycles. The second-order valence-corrected chi connectivity index (χ2v) is 8.57. The molecule has 120 valence electrons. The van der Waals surface area contributed by atoms with E-state index in [0.717, 1.165) is 24.3 Å². The topological polar surface area (TPSA) is 86.1 Å². The molecular formula is C12H15ClN4O3S2. The number of aromatic nitrogens is 3. The van der Waals surface area contributed by atoms with Gasteiger partial charge in [0, 0.05) is 13.7 Å². The van der Waals surface area contributed by atoms with Crippen LogP contribution in [0.4, 0.5) is 0 Å². The second kappa shape index (κ2) is 6.25. The minimum atomic E-state index is -3.61. The Kier molecular flexibility index (Phi) is 4.51. The van der Waals surface area contributed by atoms with E-state index < -0.39 is 16.1 Å². The van der Waals surface area contributed by atoms with E-state index in [9.17, 15) is 8.42 Å². The number of halogens is 1. The molecule has 0 saturated heterocycles. The van der Waals surface area contributed by atoms with Crippen LogP contribution in [0.25, 0.3) is 0 Å². The van der Waals surface area contributed by atoms with Crippen molar-refractivity contribution in [3.63, 3.8) is 0 Å². The number of rotatable bonds is 5. The first-order valence-electron chi connectivity index (χ1n) is 6.70. The number of ether oxygens (including phenoxy) is 1. The lowest BCUT2D eigenvalue weighted by atomic mass is 10.1. The van der Waals surface area contributed by atoms with Gasteiger partial charge in [-0.15, -0.1) is 11.3 Å². The number of nitrogens with zero attached hydrogens (tertiary/aromatic N) is 3. The summed E-state index contributed by atoms with van der Waals surface area (Å²) in [5.74, 6) is 1.19. The van der Waals surface area contributed by atoms with Gasteiger partial charge in [-0.3, -0.25) is 0 Å². The van der Waals surface area contributed by atoms with E-state index in [2.05, 4.69) is 14.8 Å². The zero-order valence-electron chi connectivity index (χ0n) is 11.8. The highest BCUT2D eigenvalue weighted by Gasteiger charge is 2.29. The van der Waals surface area contributed by atoms with E-state index in [1.165, 1.54) is 6.07 Å². The monoisotopic (exact) mass is 362 g/mol. The van der Waals surface area contributed by atoms with Crippen molar-refractivity contribution in [2.45, 2.75) is 36.2 Å². The summed E-state index contributed by atoms with van der Waals surface area (Å²) < 4.78 is 34.9. The Balaban J connectivity index is 1.85. The molecule has 2 aromatic heterocycles. The van der Waals surface area contributed by atoms with Crippen molar-refractivity contribution in [1.29, 1.82) is 0 Å². The second-order valence-electron chi connectivity index (χ2n) is 4.92. The number of aryl methyl sites for hydroxylation is 1. The van der Waals surface area contributed by atoms with Crippen molar-refractivity contribution >= 4 is 33.0 Å². The third-order valence-electron chi connectivity index (χ3n) is 3.30. The maximum atomic E-state index is 12.4. The standard InChI is InChI=1S/C12H15ClN4O3S2/c1-20-7-10-14-12-8(3-2-6-17(12)15-10)16-22(18,19)11-5-4-9(13)21-11/h4-5,8,16H,2-3,6-7H2,1H3/t8-/m0/s1. The average molecular weight is 363 g/mol. The first-order valence-corrected chi connectivity index (χ1v) is 9.37. The van der Waals surface area contributed by atoms with Crippen LogP contribution in [0, 0.1) is 0 Å². The number of methoxy groups -OCH3 is 1. The van der Waals surface area contributed by atoms with Crippen LogP contribution in [-0.2, 0) is 27.9 Å². The van der Waals surface area contributed by atoms with Crippen LogP contribution in [-0.4, -0.2) is 30.3 Å². The molecule has 0 aliphatic carbocycles. The van der Waals surface area contributed by atoms with Crippen LogP contribution >= 0.6 is 22.9 Å². The molecule has 7 nitrogen and oxygen atoms in total. The summed E-state index contributed by atoms with van der Waals surface area (Å²) in [6.07, 6.45) is 1.52. The molecular weight excluding hydrogens is 348 g/mol. The van der Waals surface area contributed by atoms with Crippen molar-refractivity contribution in [3.05, 3.63) is 28.1 Å². The predicted molar refractivity (Wildman–Crippen MR) is 82.4 cm³/mol. The summed E-state index contributed by atoms with van der Waals surface area (Å²) >= 11 is 6.84. The highest BCUT2D eigenvalue weighted by molar-refractivity contribution is 7.91. The van der Waals surface area contributed by atoms with Crippen molar-refractivity contribution in [1.82, 2.24) is 19.5 Å². The maximum absolute atomic E-state index is 12.4. The molecule has 10 heteroatoms. The van der Waals surface area contributed by atoms with Gasteiger partial charge in [0.25, 0.3) is 10.0 Å². The Labute approximate surface area is 137 Å². The van der Waals surface area contributed by atoms with E-state index in [1.54, 1.807) is 17.9 Å². The van der Waals surface area contributed by atoms with Crippen LogP contribution in [0.3, 0.4) is 0 Å². The smallest absolute Gasteiger partial charge is 0.250 e. The van der Waals surface area contributed by atoms with E-state index in [-0.39, 0.29) is 4.21 Å². The molecule has 0 saturated carbocycles. The normalized spacial score (nSPS) is 18.4. The van der Waals surface area contributed by atoms with Crippen molar-refractivity contribution in [3.8, 4) is 0 Å². The summed E-state index contributed by atoms with van der Waals surface area (Å²) in [5.41, 5.74) is 0. The molecule has 0 radical (unpaired) electrons. The summed E-state index contributed by atoms with van der Waals surface area (Å²) in [6.45, 7) is 1.04. The molecule has 1 N–H and O–H groups in total. The fraction of sp³-hybridized carbons (Fsp3) is 0.500. The van der Waals surface area contributed by atoms with Crippen LogP contribution in [0.15, 0.2) is 16.3 Å². The molecule has 2 aromatic rings. The summed E-state index contributed by atoms with van der Waals surface area (Å²) in [7, 11) is -2.04. The van der Waals surface area contributed by atoms with Gasteiger partial charge in [-0.1, -0.05) is 11.6 Å². The first kappa shape index (κ1) is 15.9. The summed E-state index contributed by atoms with van der Waals surface area (Å²) in [4.78, 5) is 4.38. The lowest BCUT2D eigenvalue weighted by Crippen LogP contribution is -2.33. The Bertz CT molecular complexity index is 771. The average Bonchev–Trinajstić information content (AvgIpc) is 3.06. The molecule has 1 aliphatic rings. The molecule has 22 heavy (non-hydrogen) atoms. The quantitative estimate of drug-likeness (QED) is 0.878. The fourth-order valence-electron chi connectivity index (χ4n) is 2.39. The molecule has 0 bridgehead atoms. The van der Waals surface area contributed by atoms with Crippen LogP contribution in [0.1, 0.15) is 30.5 Å². The third-order valence-corrected chi connectivity index (χ3v) is 6.50. The highest BCUT2D eigenvalue weighted by atomic mass is 35.5. The first-order chi connectivity index (χ1) is 10.5. The number of sulfonamides is 1. The van der Waals surface area contributed by atoms with Gasteiger partial charge in [0.05, 0.1) is 10.4 Å². The molecule has 0 spiro atoms. The molecule has 0 amide bonds. The van der Waals surface area contributed by atoms with Crippen molar-refractivity contribution in [2.75, 3.05) is 7.11 Å². The van der Waals surface area contributed by atoms with Crippen LogP contribution in [0.2, 0.25) is 4.34 Å². The zero-order valence-corrected chi connectivity index (χ0v) is 14.2. The van der Waals surface area contributed by atoms with Crippen LogP contribution in [0.5, 0.6) is 0 Å². The van der Waals surface area contributed by atoms with Gasteiger partial charge in [0.1, 0.15) is 16.6 Å². The summed E-state index contributed by atoms with van der Waals surface area (Å²) in [5, 5.41) is 4.32. The van der Waals surface area contributed by atoms with E-state index in [4.69, 9.17) is 16.3 Å². The van der Waals surface area contributed by atoms with Gasteiger partial charge >= 0.3 is 0 Å². The number of nitrogens with one attached hydrogen (secondary N) is 1. The SMILES string of the molecule is COCc1nc2n(n1)CCC[C@@H]2NS(=O)(=O)c1ccc(Cl)s1. The molecule has 1 aliphatic heterocycles. The number of hydrogen-bond acceptors (Lipinski definition) is 6. The van der Waals surface area contributed by atoms with Gasteiger partial charge in [-0.25, -0.2) is 18.1 Å². The van der Waals surface area contributed by atoms with Gasteiger partial charge in [-0.05, 0) is 25.0 Å². The third kappa shape index (κ3) is 3.18. The van der Waals surface area contributed by atoms with E-state index >= 15 is 0 Å². The summed E-state index contributed by atoms with van der Waals surface area (Å²) in [6, 6.07) is 2.68. The largest absolute Gasteiger partial charge is 0.377 e. The van der Waals surface area contributed by atoms with Crippen molar-refractivity contribution < 1.29 is 13.2 Å². The molecule has 1 atom stereocenters. The Hall–Kier alpha value is -1.000. The minimum Gasteiger partial charge on any atom is -0.377 e. The Morgan fingerprint density at radius 3 is 3.05 bits per heavy atom. The Morgan fingerprint density at radius 1 is 1.55 bits per heavy atom. The lowest BCUT2D eigenvalue weighted by molar-refractivity contribution is 0.177. The minimum absolute atomic E-state index is 0.200. The van der Waals surface area contributed by atoms with Gasteiger partial charge in [-0.2, -0.15) is 9.82 Å². The maximum Gasteiger partial charge on any atom is 0.250 e. The van der Waals surface area contributed by atoms with Gasteiger partial charge < -0.3 is 4.74 Å². The lowest BCUT2D eigenvalue weighted by Gasteiger charge is -2.22. The molecule has 0 fully saturated rings. The zero-order chi connectivity index (χ0) is 15.7. The molecule has 3 rings (SSSR count). The molecule has 3 heterocycles. The van der Waals surface area contributed by atoms with Crippen LogP contribution < -0.4 is 4.72 Å². The number of thiophene rings is 1. The fourth-order valence-corrected chi connectivity index (χ4v) is 5.12. The number of hydrogen-bond donors (Lipinski definition) is 1. The highest BCUT2D eigenvalue weighted by Crippen LogP contribution is 2.29. The van der Waals surface area contributed by atoms with Crippen molar-refractivity contribution in [2.24, 2.45) is 0 Å². The molecule has 0 unspecified atom stereocenters. The van der Waals surface area contributed by atoms with Gasteiger partial charge in [0.2, 0.25) is 0 Å². The van der Waals surface area contributed by atoms with E-state index in [1.807, 2.05) is 0 Å².